The summed E-state index contributed by atoms with van der Waals surface area (Å²) in [5, 5.41) is 2.62. The summed E-state index contributed by atoms with van der Waals surface area (Å²) in [7, 11) is 1.57. The lowest BCUT2D eigenvalue weighted by atomic mass is 10.1. The van der Waals surface area contributed by atoms with Gasteiger partial charge in [-0.2, -0.15) is 0 Å². The van der Waals surface area contributed by atoms with Gasteiger partial charge in [0.15, 0.2) is 0 Å². The molecule has 0 spiro atoms. The Labute approximate surface area is 167 Å². The second kappa shape index (κ2) is 10.4. The van der Waals surface area contributed by atoms with Crippen LogP contribution in [-0.4, -0.2) is 57.7 Å². The van der Waals surface area contributed by atoms with Crippen molar-refractivity contribution in [2.24, 2.45) is 0 Å². The number of nitrogens with zero attached hydrogens (tertiary/aromatic N) is 2. The Morgan fingerprint density at radius 2 is 1.96 bits per heavy atom. The summed E-state index contributed by atoms with van der Waals surface area (Å²) < 4.78 is 13.5. The zero-order valence-corrected chi connectivity index (χ0v) is 16.7. The van der Waals surface area contributed by atoms with Gasteiger partial charge in [-0.15, -0.1) is 0 Å². The minimum Gasteiger partial charge on any atom is -0.336 e. The quantitative estimate of drug-likeness (QED) is 0.500. The fourth-order valence-electron chi connectivity index (χ4n) is 2.55. The van der Waals surface area contributed by atoms with E-state index in [4.69, 9.17) is 12.2 Å². The first-order chi connectivity index (χ1) is 12.9. The number of anilines is 1. The molecule has 27 heavy (non-hydrogen) atoms. The molecule has 0 bridgehead atoms. The molecule has 1 aromatic rings. The predicted molar refractivity (Wildman–Crippen MR) is 108 cm³/mol. The van der Waals surface area contributed by atoms with Crippen LogP contribution in [0.25, 0.3) is 0 Å². The Hall–Kier alpha value is -2.00. The largest absolute Gasteiger partial charge is 0.336 e. The predicted octanol–water partition coefficient (Wildman–Crippen LogP) is 2.64. The van der Waals surface area contributed by atoms with E-state index in [-0.39, 0.29) is 30.1 Å². The van der Waals surface area contributed by atoms with E-state index < -0.39 is 0 Å². The van der Waals surface area contributed by atoms with Gasteiger partial charge in [-0.05, 0) is 37.1 Å². The smallest absolute Gasteiger partial charge is 0.243 e. The number of rotatable bonds is 9. The molecular weight excluding hydrogens is 389 g/mol. The second-order valence-electron chi connectivity index (χ2n) is 6.22. The minimum atomic E-state index is -0.380. The molecule has 1 fully saturated rings. The van der Waals surface area contributed by atoms with Crippen LogP contribution in [0.5, 0.6) is 0 Å². The molecule has 1 aliphatic rings. The molecule has 0 aliphatic carbocycles. The highest BCUT2D eigenvalue weighted by Gasteiger charge is 2.25. The van der Waals surface area contributed by atoms with E-state index in [0.717, 1.165) is 12.8 Å². The Kier molecular flexibility index (Phi) is 8.18. The van der Waals surface area contributed by atoms with Gasteiger partial charge in [0, 0.05) is 25.7 Å². The van der Waals surface area contributed by atoms with Gasteiger partial charge in [0.1, 0.15) is 10.1 Å². The van der Waals surface area contributed by atoms with E-state index in [1.54, 1.807) is 11.9 Å². The maximum absolute atomic E-state index is 12.8. The first-order valence-corrected chi connectivity index (χ1v) is 10.0. The van der Waals surface area contributed by atoms with Crippen molar-refractivity contribution >= 4 is 51.7 Å². The minimum absolute atomic E-state index is 0.0491. The highest BCUT2D eigenvalue weighted by molar-refractivity contribution is 8.23. The lowest BCUT2D eigenvalue weighted by Gasteiger charge is -2.17. The van der Waals surface area contributed by atoms with Gasteiger partial charge >= 0.3 is 0 Å². The number of thiocarbonyl (C=S) groups is 1. The highest BCUT2D eigenvalue weighted by atomic mass is 32.2. The van der Waals surface area contributed by atoms with E-state index in [2.05, 4.69) is 5.32 Å². The third-order valence-electron chi connectivity index (χ3n) is 4.05. The van der Waals surface area contributed by atoms with Gasteiger partial charge in [-0.1, -0.05) is 30.4 Å². The molecule has 9 heteroatoms. The van der Waals surface area contributed by atoms with Gasteiger partial charge < -0.3 is 10.2 Å². The summed E-state index contributed by atoms with van der Waals surface area (Å²) in [5.41, 5.74) is 0.481. The third kappa shape index (κ3) is 6.91. The molecule has 3 amide bonds. The van der Waals surface area contributed by atoms with Crippen LogP contribution in [-0.2, 0) is 14.4 Å². The number of carbonyl (C=O) groups excluding carboxylic acids is 3. The van der Waals surface area contributed by atoms with Crippen LogP contribution < -0.4 is 5.32 Å². The molecule has 1 N–H and O–H groups in total. The number of hydrogen-bond donors (Lipinski definition) is 1. The van der Waals surface area contributed by atoms with Crippen LogP contribution in [0.1, 0.15) is 25.7 Å². The summed E-state index contributed by atoms with van der Waals surface area (Å²) >= 11 is 6.50. The van der Waals surface area contributed by atoms with Gasteiger partial charge in [-0.3, -0.25) is 19.3 Å². The zero-order valence-electron chi connectivity index (χ0n) is 15.1. The summed E-state index contributed by atoms with van der Waals surface area (Å²) in [4.78, 5) is 38.6. The zero-order chi connectivity index (χ0) is 19.8. The van der Waals surface area contributed by atoms with Crippen molar-refractivity contribution in [3.8, 4) is 0 Å². The molecule has 146 valence electrons. The molecule has 0 unspecified atom stereocenters. The van der Waals surface area contributed by atoms with Crippen molar-refractivity contribution in [1.82, 2.24) is 9.80 Å². The molecule has 1 heterocycles. The normalized spacial score (nSPS) is 13.8. The van der Waals surface area contributed by atoms with Gasteiger partial charge in [-0.25, -0.2) is 4.39 Å². The van der Waals surface area contributed by atoms with Crippen LogP contribution >= 0.6 is 24.0 Å². The maximum atomic E-state index is 12.8. The summed E-state index contributed by atoms with van der Waals surface area (Å²) in [5.74, 6) is -0.367. The van der Waals surface area contributed by atoms with Crippen LogP contribution in [0.2, 0.25) is 0 Å². The van der Waals surface area contributed by atoms with Crippen LogP contribution in [0.4, 0.5) is 10.1 Å². The molecular formula is C18H22FN3O3S2. The first-order valence-electron chi connectivity index (χ1n) is 8.63. The molecule has 1 aromatic carbocycles. The van der Waals surface area contributed by atoms with Crippen LogP contribution in [0.15, 0.2) is 24.3 Å². The van der Waals surface area contributed by atoms with E-state index in [1.807, 2.05) is 0 Å². The van der Waals surface area contributed by atoms with Crippen molar-refractivity contribution in [2.75, 3.05) is 31.2 Å². The maximum Gasteiger partial charge on any atom is 0.243 e. The van der Waals surface area contributed by atoms with Crippen LogP contribution in [0.3, 0.4) is 0 Å². The van der Waals surface area contributed by atoms with Crippen molar-refractivity contribution in [2.45, 2.75) is 25.7 Å². The average molecular weight is 412 g/mol. The molecule has 0 radical (unpaired) electrons. The van der Waals surface area contributed by atoms with Gasteiger partial charge in [0.2, 0.25) is 17.7 Å². The summed E-state index contributed by atoms with van der Waals surface area (Å²) in [6.45, 7) is 0.527. The SMILES string of the molecule is CN(CC(=O)Nc1ccc(F)cc1)C(=O)CCCCCN1C(=O)CSC1=S. The average Bonchev–Trinajstić information content (AvgIpc) is 2.94. The monoisotopic (exact) mass is 411 g/mol. The van der Waals surface area contributed by atoms with E-state index in [9.17, 15) is 18.8 Å². The lowest BCUT2D eigenvalue weighted by molar-refractivity contribution is -0.133. The molecule has 1 saturated heterocycles. The fraction of sp³-hybridized carbons (Fsp3) is 0.444. The molecule has 2 rings (SSSR count). The molecule has 1 aliphatic heterocycles. The lowest BCUT2D eigenvalue weighted by Crippen LogP contribution is -2.34. The number of thioether (sulfide) groups is 1. The number of carbonyl (C=O) groups is 3. The number of amides is 3. The van der Waals surface area contributed by atoms with Crippen molar-refractivity contribution in [1.29, 1.82) is 0 Å². The Bertz CT molecular complexity index is 696. The van der Waals surface area contributed by atoms with E-state index in [1.165, 1.54) is 40.9 Å². The van der Waals surface area contributed by atoms with Crippen molar-refractivity contribution in [3.63, 3.8) is 0 Å². The van der Waals surface area contributed by atoms with Crippen molar-refractivity contribution in [3.05, 3.63) is 30.1 Å². The summed E-state index contributed by atoms with van der Waals surface area (Å²) in [6, 6.07) is 5.44. The molecule has 0 saturated carbocycles. The number of nitrogens with one attached hydrogen (secondary N) is 1. The van der Waals surface area contributed by atoms with Gasteiger partial charge in [0.05, 0.1) is 12.3 Å². The number of halogens is 1. The Morgan fingerprint density at radius 1 is 1.26 bits per heavy atom. The molecule has 0 atom stereocenters. The van der Waals surface area contributed by atoms with Crippen LogP contribution in [0, 0.1) is 5.82 Å². The first kappa shape index (κ1) is 21.3. The van der Waals surface area contributed by atoms with E-state index in [0.29, 0.717) is 35.1 Å². The number of unbranched alkanes of at least 4 members (excludes halogenated alkanes) is 2. The van der Waals surface area contributed by atoms with E-state index >= 15 is 0 Å². The van der Waals surface area contributed by atoms with Crippen molar-refractivity contribution < 1.29 is 18.8 Å². The fourth-order valence-corrected chi connectivity index (χ4v) is 3.67. The van der Waals surface area contributed by atoms with Gasteiger partial charge in [0.25, 0.3) is 0 Å². The summed E-state index contributed by atoms with van der Waals surface area (Å²) in [6.07, 6.45) is 2.62. The Balaban J connectivity index is 1.62. The highest BCUT2D eigenvalue weighted by Crippen LogP contribution is 2.20. The second-order valence-corrected chi connectivity index (χ2v) is 7.82. The number of likely N-dealkylation sites (N-methyl/N-ethyl adjacent to an activating group) is 1. The number of hydrogen-bond acceptors (Lipinski definition) is 5. The number of benzene rings is 1. The molecule has 0 aromatic heterocycles. The topological polar surface area (TPSA) is 69.7 Å². The standard InChI is InChI=1S/C18H22FN3O3S2/c1-21(11-15(23)20-14-8-6-13(19)7-9-14)16(24)5-3-2-4-10-22-17(25)12-27-18(22)26/h6-9H,2-5,10-12H2,1H3,(H,20,23). The Morgan fingerprint density at radius 3 is 2.59 bits per heavy atom. The third-order valence-corrected chi connectivity index (χ3v) is 5.48. The molecule has 6 nitrogen and oxygen atoms in total.